The van der Waals surface area contributed by atoms with Crippen molar-refractivity contribution in [1.29, 1.82) is 0 Å². The lowest BCUT2D eigenvalue weighted by Crippen LogP contribution is -2.65. The quantitative estimate of drug-likeness (QED) is 0.592. The minimum atomic E-state index is -1.09. The van der Waals surface area contributed by atoms with Crippen LogP contribution in [0.25, 0.3) is 0 Å². The number of hydrogen-bond acceptors (Lipinski definition) is 4. The predicted molar refractivity (Wildman–Crippen MR) is 53.8 cm³/mol. The summed E-state index contributed by atoms with van der Waals surface area (Å²) in [6.45, 7) is 2.23. The van der Waals surface area contributed by atoms with Crippen molar-refractivity contribution in [2.24, 2.45) is 11.5 Å². The molecule has 1 aliphatic heterocycles. The third-order valence-electron chi connectivity index (χ3n) is 2.54. The van der Waals surface area contributed by atoms with Crippen molar-refractivity contribution in [3.05, 3.63) is 0 Å². The van der Waals surface area contributed by atoms with Gasteiger partial charge < -0.3 is 21.1 Å². The van der Waals surface area contributed by atoms with E-state index in [4.69, 9.17) is 16.2 Å². The molecule has 15 heavy (non-hydrogen) atoms. The summed E-state index contributed by atoms with van der Waals surface area (Å²) in [7, 11) is 1.47. The first-order chi connectivity index (χ1) is 6.90. The zero-order valence-corrected chi connectivity index (χ0v) is 9.03. The van der Waals surface area contributed by atoms with Crippen LogP contribution >= 0.6 is 0 Å². The normalized spacial score (nSPS) is 24.2. The van der Waals surface area contributed by atoms with Crippen LogP contribution < -0.4 is 11.5 Å². The first-order valence-corrected chi connectivity index (χ1v) is 4.78. The Balaban J connectivity index is 2.65. The number of nitrogens with two attached hydrogens (primary N) is 2. The van der Waals surface area contributed by atoms with E-state index in [1.807, 2.05) is 0 Å². The van der Waals surface area contributed by atoms with E-state index < -0.39 is 17.5 Å². The maximum Gasteiger partial charge on any atom is 0.245 e. The number of hydrogen-bond donors (Lipinski definition) is 2. The third kappa shape index (κ3) is 2.27. The molecule has 1 saturated heterocycles. The molecule has 86 valence electrons. The molecule has 2 amide bonds. The van der Waals surface area contributed by atoms with Gasteiger partial charge in [-0.15, -0.1) is 0 Å². The number of likely N-dealkylation sites (tertiary alicyclic amines) is 1. The molecule has 4 N–H and O–H groups in total. The van der Waals surface area contributed by atoms with Crippen LogP contribution in [-0.4, -0.2) is 48.6 Å². The summed E-state index contributed by atoms with van der Waals surface area (Å²) in [6.07, 6.45) is 0.615. The lowest BCUT2D eigenvalue weighted by atomic mass is 9.95. The fourth-order valence-corrected chi connectivity index (χ4v) is 1.62. The van der Waals surface area contributed by atoms with Gasteiger partial charge in [0.25, 0.3) is 0 Å². The van der Waals surface area contributed by atoms with Gasteiger partial charge in [0, 0.05) is 13.7 Å². The molecule has 0 radical (unpaired) electrons. The highest BCUT2D eigenvalue weighted by atomic mass is 16.5. The zero-order chi connectivity index (χ0) is 11.6. The Bertz CT molecular complexity index is 278. The summed E-state index contributed by atoms with van der Waals surface area (Å²) in [5, 5.41) is 0. The summed E-state index contributed by atoms with van der Waals surface area (Å²) in [5.41, 5.74) is 9.82. The highest BCUT2D eigenvalue weighted by Gasteiger charge is 2.42. The van der Waals surface area contributed by atoms with Gasteiger partial charge >= 0.3 is 0 Å². The minimum absolute atomic E-state index is 0.119. The van der Waals surface area contributed by atoms with Crippen LogP contribution in [0.2, 0.25) is 0 Å². The highest BCUT2D eigenvalue weighted by Crippen LogP contribution is 2.20. The smallest absolute Gasteiger partial charge is 0.245 e. The monoisotopic (exact) mass is 215 g/mol. The van der Waals surface area contributed by atoms with Crippen LogP contribution in [0, 0.1) is 0 Å². The van der Waals surface area contributed by atoms with Gasteiger partial charge in [0.15, 0.2) is 0 Å². The van der Waals surface area contributed by atoms with Gasteiger partial charge in [-0.25, -0.2) is 0 Å². The van der Waals surface area contributed by atoms with Crippen molar-refractivity contribution in [2.45, 2.75) is 24.9 Å². The molecule has 0 aromatic rings. The molecule has 0 aliphatic carbocycles. The highest BCUT2D eigenvalue weighted by molar-refractivity contribution is 5.92. The summed E-state index contributed by atoms with van der Waals surface area (Å²) in [4.78, 5) is 24.2. The molecular formula is C9H17N3O3. The van der Waals surface area contributed by atoms with Crippen LogP contribution in [0.4, 0.5) is 0 Å². The van der Waals surface area contributed by atoms with Crippen molar-refractivity contribution >= 4 is 11.8 Å². The van der Waals surface area contributed by atoms with E-state index in [1.165, 1.54) is 12.0 Å². The number of carbonyl (C=O) groups is 2. The van der Waals surface area contributed by atoms with E-state index in [-0.39, 0.29) is 12.5 Å². The Hall–Kier alpha value is -1.14. The molecule has 0 saturated carbocycles. The maximum atomic E-state index is 11.9. The van der Waals surface area contributed by atoms with Gasteiger partial charge in [-0.05, 0) is 13.3 Å². The number of ether oxygens (including phenoxy) is 1. The van der Waals surface area contributed by atoms with Crippen molar-refractivity contribution in [2.75, 3.05) is 20.3 Å². The number of methoxy groups -OCH3 is 1. The van der Waals surface area contributed by atoms with Gasteiger partial charge in [-0.2, -0.15) is 0 Å². The van der Waals surface area contributed by atoms with Crippen molar-refractivity contribution in [1.82, 2.24) is 4.90 Å². The number of carbonyl (C=O) groups excluding carboxylic acids is 2. The molecule has 2 unspecified atom stereocenters. The van der Waals surface area contributed by atoms with Crippen molar-refractivity contribution in [3.8, 4) is 0 Å². The first-order valence-electron chi connectivity index (χ1n) is 4.78. The minimum Gasteiger partial charge on any atom is -0.382 e. The average molecular weight is 215 g/mol. The SMILES string of the molecule is COCC(C)(N)C(=O)N1CCC1C(N)=O. The number of primary amides is 1. The molecule has 1 fully saturated rings. The molecule has 1 aliphatic rings. The van der Waals surface area contributed by atoms with Gasteiger partial charge in [0.05, 0.1) is 6.61 Å². The summed E-state index contributed by atoms with van der Waals surface area (Å²) in [5.74, 6) is -0.776. The average Bonchev–Trinajstić information content (AvgIpc) is 2.00. The van der Waals surface area contributed by atoms with E-state index in [1.54, 1.807) is 6.92 Å². The maximum absolute atomic E-state index is 11.9. The Morgan fingerprint density at radius 1 is 1.60 bits per heavy atom. The summed E-state index contributed by atoms with van der Waals surface area (Å²) >= 11 is 0. The first kappa shape index (κ1) is 11.9. The van der Waals surface area contributed by atoms with E-state index in [9.17, 15) is 9.59 Å². The lowest BCUT2D eigenvalue weighted by molar-refractivity contribution is -0.151. The largest absolute Gasteiger partial charge is 0.382 e. The van der Waals surface area contributed by atoms with E-state index >= 15 is 0 Å². The van der Waals surface area contributed by atoms with Gasteiger partial charge in [0.2, 0.25) is 11.8 Å². The van der Waals surface area contributed by atoms with Crippen molar-refractivity contribution < 1.29 is 14.3 Å². The molecule has 2 atom stereocenters. The Labute approximate surface area is 88.5 Å². The Kier molecular flexibility index (Phi) is 3.31. The number of amides is 2. The topological polar surface area (TPSA) is 98.7 Å². The van der Waals surface area contributed by atoms with E-state index in [2.05, 4.69) is 0 Å². The molecule has 0 bridgehead atoms. The van der Waals surface area contributed by atoms with Crippen molar-refractivity contribution in [3.63, 3.8) is 0 Å². The van der Waals surface area contributed by atoms with Gasteiger partial charge in [0.1, 0.15) is 11.6 Å². The van der Waals surface area contributed by atoms with Crippen LogP contribution in [0.1, 0.15) is 13.3 Å². The van der Waals surface area contributed by atoms with Crippen LogP contribution in [0.15, 0.2) is 0 Å². The second kappa shape index (κ2) is 4.16. The molecular weight excluding hydrogens is 198 g/mol. The zero-order valence-electron chi connectivity index (χ0n) is 9.03. The molecule has 6 heteroatoms. The van der Waals surface area contributed by atoms with E-state index in [0.717, 1.165) is 0 Å². The third-order valence-corrected chi connectivity index (χ3v) is 2.54. The Morgan fingerprint density at radius 2 is 2.20 bits per heavy atom. The summed E-state index contributed by atoms with van der Waals surface area (Å²) in [6, 6.07) is -0.503. The molecule has 6 nitrogen and oxygen atoms in total. The predicted octanol–water partition coefficient (Wildman–Crippen LogP) is -1.56. The second-order valence-corrected chi connectivity index (χ2v) is 4.06. The molecule has 1 heterocycles. The van der Waals surface area contributed by atoms with Crippen LogP contribution in [0.3, 0.4) is 0 Å². The second-order valence-electron chi connectivity index (χ2n) is 4.06. The fraction of sp³-hybridized carbons (Fsp3) is 0.778. The number of rotatable bonds is 4. The Morgan fingerprint density at radius 3 is 2.53 bits per heavy atom. The van der Waals surface area contributed by atoms with Crippen LogP contribution in [0.5, 0.6) is 0 Å². The standard InChI is InChI=1S/C9H17N3O3/c1-9(11,5-15-2)8(14)12-4-3-6(12)7(10)13/h6H,3-5,11H2,1-2H3,(H2,10,13). The van der Waals surface area contributed by atoms with Gasteiger partial charge in [-0.3, -0.25) is 9.59 Å². The molecule has 1 rings (SSSR count). The van der Waals surface area contributed by atoms with Crippen LogP contribution in [-0.2, 0) is 14.3 Å². The van der Waals surface area contributed by atoms with E-state index in [0.29, 0.717) is 13.0 Å². The lowest BCUT2D eigenvalue weighted by Gasteiger charge is -2.42. The summed E-state index contributed by atoms with van der Waals surface area (Å²) < 4.78 is 4.85. The molecule has 0 spiro atoms. The molecule has 0 aromatic carbocycles. The number of nitrogens with zero attached hydrogens (tertiary/aromatic N) is 1. The molecule has 0 aromatic heterocycles. The van der Waals surface area contributed by atoms with Gasteiger partial charge in [-0.1, -0.05) is 0 Å². The fourth-order valence-electron chi connectivity index (χ4n) is 1.62.